The van der Waals surface area contributed by atoms with Gasteiger partial charge >= 0.3 is 12.4 Å². The number of hydrogen-bond donors (Lipinski definition) is 2. The highest BCUT2D eigenvalue weighted by molar-refractivity contribution is 6.76. The summed E-state index contributed by atoms with van der Waals surface area (Å²) >= 11 is 0. The summed E-state index contributed by atoms with van der Waals surface area (Å²) < 4.78 is 92.1. The summed E-state index contributed by atoms with van der Waals surface area (Å²) in [7, 11) is -1.44. The Kier molecular flexibility index (Phi) is 10.2. The van der Waals surface area contributed by atoms with Gasteiger partial charge in [-0.1, -0.05) is 19.6 Å². The number of amides is 1. The Balaban J connectivity index is 1.70. The van der Waals surface area contributed by atoms with Gasteiger partial charge in [-0.3, -0.25) is 9.59 Å². The van der Waals surface area contributed by atoms with Crippen LogP contribution in [0, 0.1) is 0 Å². The van der Waals surface area contributed by atoms with Crippen molar-refractivity contribution in [3.05, 3.63) is 40.1 Å². The first-order valence-corrected chi connectivity index (χ1v) is 16.6. The minimum absolute atomic E-state index is 0.0885. The molecule has 234 valence electrons. The van der Waals surface area contributed by atoms with Crippen molar-refractivity contribution in [2.45, 2.75) is 76.9 Å². The molecule has 1 aliphatic rings. The fourth-order valence-corrected chi connectivity index (χ4v) is 4.68. The Morgan fingerprint density at radius 1 is 1.12 bits per heavy atom. The highest BCUT2D eigenvalue weighted by atomic mass is 28.3. The molecule has 3 rings (SSSR count). The van der Waals surface area contributed by atoms with Gasteiger partial charge in [0.15, 0.2) is 6.23 Å². The third-order valence-electron chi connectivity index (χ3n) is 6.11. The van der Waals surface area contributed by atoms with Crippen LogP contribution in [-0.2, 0) is 33.4 Å². The average Bonchev–Trinajstić information content (AvgIpc) is 2.83. The van der Waals surface area contributed by atoms with Gasteiger partial charge in [-0.15, -0.1) is 0 Å². The lowest BCUT2D eigenvalue weighted by atomic mass is 10.1. The Morgan fingerprint density at radius 3 is 2.31 bits per heavy atom. The summed E-state index contributed by atoms with van der Waals surface area (Å²) in [5.41, 5.74) is -4.42. The molecule has 2 aromatic heterocycles. The molecule has 0 radical (unpaired) electrons. The van der Waals surface area contributed by atoms with Gasteiger partial charge in [-0.25, -0.2) is 14.6 Å². The zero-order chi connectivity index (χ0) is 31.5. The van der Waals surface area contributed by atoms with Crippen LogP contribution in [0.4, 0.5) is 38.0 Å². The lowest BCUT2D eigenvalue weighted by Crippen LogP contribution is -2.68. The van der Waals surface area contributed by atoms with Crippen LogP contribution in [0.3, 0.4) is 0 Å². The number of alkyl halides is 6. The van der Waals surface area contributed by atoms with Crippen molar-refractivity contribution in [2.24, 2.45) is 0 Å². The van der Waals surface area contributed by atoms with Crippen LogP contribution in [0.15, 0.2) is 23.4 Å². The summed E-state index contributed by atoms with van der Waals surface area (Å²) in [4.78, 5) is 33.1. The fourth-order valence-electron chi connectivity index (χ4n) is 3.92. The monoisotopic (exact) mass is 625 g/mol. The minimum Gasteiger partial charge on any atom is -0.378 e. The van der Waals surface area contributed by atoms with Gasteiger partial charge in [-0.05, 0) is 13.0 Å². The lowest BCUT2D eigenvalue weighted by molar-refractivity contribution is -0.139. The van der Waals surface area contributed by atoms with E-state index in [2.05, 4.69) is 45.3 Å². The van der Waals surface area contributed by atoms with E-state index in [1.165, 1.54) is 18.7 Å². The molecular formula is C24H33F6N7O4Si. The molecule has 1 fully saturated rings. The molecule has 1 amide bonds. The molecule has 0 spiro atoms. The van der Waals surface area contributed by atoms with Crippen molar-refractivity contribution in [2.75, 3.05) is 30.0 Å². The number of hydrogen-bond acceptors (Lipinski definition) is 9. The first kappa shape index (κ1) is 33.3. The third-order valence-corrected chi connectivity index (χ3v) is 7.82. The Morgan fingerprint density at radius 2 is 1.76 bits per heavy atom. The molecule has 3 atom stereocenters. The number of aromatic nitrogens is 4. The maximum atomic E-state index is 13.9. The number of nitrogens with zero attached hydrogens (tertiary/aromatic N) is 5. The largest absolute Gasteiger partial charge is 0.423 e. The van der Waals surface area contributed by atoms with Crippen molar-refractivity contribution in [3.63, 3.8) is 0 Å². The van der Waals surface area contributed by atoms with Gasteiger partial charge < -0.3 is 25.0 Å². The van der Waals surface area contributed by atoms with Crippen molar-refractivity contribution < 1.29 is 40.6 Å². The van der Waals surface area contributed by atoms with Crippen LogP contribution in [0.1, 0.15) is 25.0 Å². The molecule has 2 N–H and O–H groups in total. The summed E-state index contributed by atoms with van der Waals surface area (Å²) in [5.74, 6) is -0.479. The number of carbonyl (C=O) groups is 1. The van der Waals surface area contributed by atoms with E-state index in [0.29, 0.717) is 17.1 Å². The smallest absolute Gasteiger partial charge is 0.378 e. The number of halogens is 6. The van der Waals surface area contributed by atoms with Crippen molar-refractivity contribution >= 4 is 25.6 Å². The highest BCUT2D eigenvalue weighted by Crippen LogP contribution is 2.33. The molecule has 1 aliphatic heterocycles. The molecular weight excluding hydrogens is 592 g/mol. The SMILES string of the molecule is CC(=O)NC1CN(c2ncc(C(F)(F)F)cn2)C1OCC(C)Nc1cnn(COCC[Si](C)(C)C)c(=O)c1C(F)(F)F. The Hall–Kier alpha value is -3.25. The number of anilines is 2. The quantitative estimate of drug-likeness (QED) is 0.207. The van der Waals surface area contributed by atoms with Crippen LogP contribution >= 0.6 is 0 Å². The van der Waals surface area contributed by atoms with Crippen molar-refractivity contribution in [1.29, 1.82) is 0 Å². The molecule has 18 heteroatoms. The second kappa shape index (κ2) is 12.9. The first-order valence-electron chi connectivity index (χ1n) is 12.9. The number of rotatable bonds is 12. The van der Waals surface area contributed by atoms with Gasteiger partial charge in [0.1, 0.15) is 12.3 Å². The third kappa shape index (κ3) is 8.87. The summed E-state index contributed by atoms with van der Waals surface area (Å²) in [5, 5.41) is 9.05. The fraction of sp³-hybridized carbons (Fsp3) is 0.625. The maximum absolute atomic E-state index is 13.9. The predicted octanol–water partition coefficient (Wildman–Crippen LogP) is 3.55. The van der Waals surface area contributed by atoms with E-state index < -0.39 is 73.7 Å². The van der Waals surface area contributed by atoms with Gasteiger partial charge in [0.2, 0.25) is 11.9 Å². The first-order chi connectivity index (χ1) is 19.4. The second-order valence-electron chi connectivity index (χ2n) is 11.1. The van der Waals surface area contributed by atoms with E-state index in [0.717, 1.165) is 12.2 Å². The predicted molar refractivity (Wildman–Crippen MR) is 142 cm³/mol. The van der Waals surface area contributed by atoms with Crippen LogP contribution in [0.5, 0.6) is 0 Å². The van der Waals surface area contributed by atoms with E-state index in [9.17, 15) is 35.9 Å². The molecule has 11 nitrogen and oxygen atoms in total. The summed E-state index contributed by atoms with van der Waals surface area (Å²) in [6, 6.07) is -0.625. The molecule has 0 bridgehead atoms. The lowest BCUT2D eigenvalue weighted by Gasteiger charge is -2.47. The average molecular weight is 626 g/mol. The number of carbonyl (C=O) groups excluding carboxylic acids is 1. The highest BCUT2D eigenvalue weighted by Gasteiger charge is 2.43. The van der Waals surface area contributed by atoms with E-state index in [-0.39, 0.29) is 25.7 Å². The van der Waals surface area contributed by atoms with E-state index in [1.54, 1.807) is 0 Å². The molecule has 3 unspecified atom stereocenters. The van der Waals surface area contributed by atoms with Gasteiger partial charge in [0.05, 0.1) is 30.1 Å². The van der Waals surface area contributed by atoms with E-state index in [1.807, 2.05) is 0 Å². The van der Waals surface area contributed by atoms with Crippen LogP contribution in [0.25, 0.3) is 0 Å². The molecule has 0 saturated carbocycles. The van der Waals surface area contributed by atoms with Gasteiger partial charge in [0, 0.05) is 46.6 Å². The molecule has 2 aromatic rings. The van der Waals surface area contributed by atoms with Crippen molar-refractivity contribution in [3.8, 4) is 0 Å². The summed E-state index contributed by atoms with van der Waals surface area (Å²) in [6.07, 6.45) is -8.44. The molecule has 1 saturated heterocycles. The summed E-state index contributed by atoms with van der Waals surface area (Å²) in [6.45, 7) is 8.85. The second-order valence-corrected chi connectivity index (χ2v) is 16.7. The van der Waals surface area contributed by atoms with Crippen LogP contribution in [0.2, 0.25) is 25.7 Å². The zero-order valence-electron chi connectivity index (χ0n) is 23.6. The van der Waals surface area contributed by atoms with E-state index in [4.69, 9.17) is 9.47 Å². The standard InChI is InChI=1S/C24H33F6N7O4Si/c1-14(34-17-10-33-37(13-40-6-7-42(3,4)5)20(39)19(17)24(28,29)30)12-41-21-18(35-15(2)38)11-36(21)22-31-8-16(9-32-22)23(25,26)27/h8-10,14,18,21,34H,6-7,11-13H2,1-5H3,(H,35,38). The van der Waals surface area contributed by atoms with Gasteiger partial charge in [-0.2, -0.15) is 31.4 Å². The molecule has 42 heavy (non-hydrogen) atoms. The van der Waals surface area contributed by atoms with Crippen molar-refractivity contribution in [1.82, 2.24) is 25.1 Å². The Bertz CT molecular complexity index is 1280. The van der Waals surface area contributed by atoms with Gasteiger partial charge in [0.25, 0.3) is 5.56 Å². The number of nitrogens with one attached hydrogen (secondary N) is 2. The topological polar surface area (TPSA) is 124 Å². The zero-order valence-corrected chi connectivity index (χ0v) is 24.6. The molecule has 0 aliphatic carbocycles. The van der Waals surface area contributed by atoms with E-state index >= 15 is 0 Å². The minimum atomic E-state index is -5.00. The molecule has 3 heterocycles. The normalized spacial score (nSPS) is 18.4. The van der Waals surface area contributed by atoms with Crippen LogP contribution in [-0.4, -0.2) is 71.8 Å². The number of ether oxygens (including phenoxy) is 2. The Labute approximate surface area is 238 Å². The van der Waals surface area contributed by atoms with Crippen LogP contribution < -0.4 is 21.1 Å². The maximum Gasteiger partial charge on any atom is 0.423 e. The molecule has 0 aromatic carbocycles.